The van der Waals surface area contributed by atoms with Crippen LogP contribution >= 0.6 is 0 Å². The molecule has 0 spiro atoms. The molecule has 3 rings (SSSR count). The van der Waals surface area contributed by atoms with Crippen LogP contribution in [0.25, 0.3) is 11.5 Å². The fraction of sp³-hybridized carbons (Fsp3) is 0. The maximum Gasteiger partial charge on any atom is 0.277 e. The molecule has 8 heteroatoms. The minimum absolute atomic E-state index is 0.0901. The van der Waals surface area contributed by atoms with Gasteiger partial charge in [0.2, 0.25) is 0 Å². The van der Waals surface area contributed by atoms with E-state index in [2.05, 4.69) is 25.7 Å². The van der Waals surface area contributed by atoms with Crippen molar-refractivity contribution >= 4 is 11.6 Å². The topological polar surface area (TPSA) is 96.7 Å². The standard InChI is InChI=1S/C12H8FN5O2/c13-7-1-2-9(14-4-7)11-3-10(18-20-11)12(19)17-8-5-15-16-6-8/h1-6H,(H,15,16)(H,17,19). The molecule has 0 saturated heterocycles. The first kappa shape index (κ1) is 12.0. The molecule has 0 fully saturated rings. The lowest BCUT2D eigenvalue weighted by Gasteiger charge is -1.96. The molecular formula is C12H8FN5O2. The highest BCUT2D eigenvalue weighted by atomic mass is 19.1. The molecule has 20 heavy (non-hydrogen) atoms. The molecule has 2 N–H and O–H groups in total. The lowest BCUT2D eigenvalue weighted by Crippen LogP contribution is -2.11. The van der Waals surface area contributed by atoms with Gasteiger partial charge in [0, 0.05) is 12.3 Å². The molecular weight excluding hydrogens is 265 g/mol. The summed E-state index contributed by atoms with van der Waals surface area (Å²) in [5.41, 5.74) is 0.994. The van der Waals surface area contributed by atoms with Crippen molar-refractivity contribution in [3.8, 4) is 11.5 Å². The molecule has 0 aromatic carbocycles. The first-order valence-electron chi connectivity index (χ1n) is 5.61. The van der Waals surface area contributed by atoms with E-state index >= 15 is 0 Å². The minimum Gasteiger partial charge on any atom is -0.354 e. The summed E-state index contributed by atoms with van der Waals surface area (Å²) in [5.74, 6) is -0.614. The van der Waals surface area contributed by atoms with Crippen molar-refractivity contribution in [3.63, 3.8) is 0 Å². The maximum absolute atomic E-state index is 12.8. The highest BCUT2D eigenvalue weighted by Crippen LogP contribution is 2.18. The highest BCUT2D eigenvalue weighted by molar-refractivity contribution is 6.03. The molecule has 100 valence electrons. The van der Waals surface area contributed by atoms with Gasteiger partial charge in [0.1, 0.15) is 11.5 Å². The van der Waals surface area contributed by atoms with Gasteiger partial charge in [-0.25, -0.2) is 9.37 Å². The van der Waals surface area contributed by atoms with Crippen molar-refractivity contribution < 1.29 is 13.7 Å². The monoisotopic (exact) mass is 273 g/mol. The number of carbonyl (C=O) groups excluding carboxylic acids is 1. The van der Waals surface area contributed by atoms with Gasteiger partial charge in [0.25, 0.3) is 5.91 Å². The van der Waals surface area contributed by atoms with Crippen molar-refractivity contribution in [2.45, 2.75) is 0 Å². The number of anilines is 1. The van der Waals surface area contributed by atoms with E-state index < -0.39 is 11.7 Å². The van der Waals surface area contributed by atoms with Crippen molar-refractivity contribution in [1.29, 1.82) is 0 Å². The van der Waals surface area contributed by atoms with Gasteiger partial charge < -0.3 is 9.84 Å². The number of aromatic nitrogens is 4. The maximum atomic E-state index is 12.8. The van der Waals surface area contributed by atoms with E-state index in [9.17, 15) is 9.18 Å². The lowest BCUT2D eigenvalue weighted by molar-refractivity contribution is 0.101. The average Bonchev–Trinajstić information content (AvgIpc) is 3.10. The van der Waals surface area contributed by atoms with Gasteiger partial charge in [0.15, 0.2) is 11.5 Å². The molecule has 3 aromatic heterocycles. The number of carbonyl (C=O) groups is 1. The predicted molar refractivity (Wildman–Crippen MR) is 66.2 cm³/mol. The van der Waals surface area contributed by atoms with Crippen LogP contribution in [0.5, 0.6) is 0 Å². The van der Waals surface area contributed by atoms with E-state index in [1.54, 1.807) is 0 Å². The Morgan fingerprint density at radius 1 is 1.35 bits per heavy atom. The van der Waals surface area contributed by atoms with Crippen molar-refractivity contribution in [1.82, 2.24) is 20.3 Å². The van der Waals surface area contributed by atoms with Crippen LogP contribution < -0.4 is 5.32 Å². The molecule has 3 aromatic rings. The normalized spacial score (nSPS) is 10.4. The van der Waals surface area contributed by atoms with Crippen LogP contribution in [0.1, 0.15) is 10.5 Å². The molecule has 0 aliphatic carbocycles. The second-order valence-electron chi connectivity index (χ2n) is 3.88. The number of nitrogens with one attached hydrogen (secondary N) is 2. The Kier molecular flexibility index (Phi) is 2.96. The lowest BCUT2D eigenvalue weighted by atomic mass is 10.2. The second-order valence-corrected chi connectivity index (χ2v) is 3.88. The Hall–Kier alpha value is -3.03. The van der Waals surface area contributed by atoms with Crippen molar-refractivity contribution in [3.05, 3.63) is 48.3 Å². The molecule has 0 bridgehead atoms. The number of hydrogen-bond acceptors (Lipinski definition) is 5. The summed E-state index contributed by atoms with van der Waals surface area (Å²) < 4.78 is 17.8. The number of rotatable bonds is 3. The van der Waals surface area contributed by atoms with Crippen LogP contribution in [0, 0.1) is 5.82 Å². The van der Waals surface area contributed by atoms with E-state index in [1.165, 1.54) is 30.6 Å². The predicted octanol–water partition coefficient (Wildman–Crippen LogP) is 1.85. The summed E-state index contributed by atoms with van der Waals surface area (Å²) in [6.07, 6.45) is 4.05. The van der Waals surface area contributed by atoms with Gasteiger partial charge in [-0.1, -0.05) is 5.16 Å². The molecule has 0 aliphatic rings. The Morgan fingerprint density at radius 2 is 2.25 bits per heavy atom. The van der Waals surface area contributed by atoms with Gasteiger partial charge in [-0.3, -0.25) is 9.89 Å². The molecule has 7 nitrogen and oxygen atoms in total. The first-order chi connectivity index (χ1) is 9.72. The molecule has 0 unspecified atom stereocenters. The van der Waals surface area contributed by atoms with Gasteiger partial charge in [-0.15, -0.1) is 0 Å². The summed E-state index contributed by atoms with van der Waals surface area (Å²) in [7, 11) is 0. The quantitative estimate of drug-likeness (QED) is 0.759. The largest absolute Gasteiger partial charge is 0.354 e. The molecule has 3 heterocycles. The van der Waals surface area contributed by atoms with E-state index in [4.69, 9.17) is 4.52 Å². The van der Waals surface area contributed by atoms with E-state index in [0.29, 0.717) is 11.4 Å². The number of H-pyrrole nitrogens is 1. The Morgan fingerprint density at radius 3 is 2.95 bits per heavy atom. The van der Waals surface area contributed by atoms with E-state index in [1.807, 2.05) is 0 Å². The fourth-order valence-corrected chi connectivity index (χ4v) is 1.54. The number of aromatic amines is 1. The summed E-state index contributed by atoms with van der Waals surface area (Å²) in [6, 6.07) is 4.11. The van der Waals surface area contributed by atoms with Crippen LogP contribution in [0.15, 0.2) is 41.3 Å². The summed E-state index contributed by atoms with van der Waals surface area (Å²) in [5, 5.41) is 12.5. The van der Waals surface area contributed by atoms with Gasteiger partial charge >= 0.3 is 0 Å². The SMILES string of the molecule is O=C(Nc1cn[nH]c1)c1cc(-c2ccc(F)cn2)on1. The van der Waals surface area contributed by atoms with Crippen LogP contribution in [0.2, 0.25) is 0 Å². The number of hydrogen-bond donors (Lipinski definition) is 2. The third-order valence-corrected chi connectivity index (χ3v) is 2.48. The summed E-state index contributed by atoms with van der Waals surface area (Å²) in [6.45, 7) is 0. The fourth-order valence-electron chi connectivity index (χ4n) is 1.54. The van der Waals surface area contributed by atoms with Crippen molar-refractivity contribution in [2.24, 2.45) is 0 Å². The molecule has 0 radical (unpaired) electrons. The van der Waals surface area contributed by atoms with Crippen LogP contribution in [-0.2, 0) is 0 Å². The average molecular weight is 273 g/mol. The zero-order valence-electron chi connectivity index (χ0n) is 10.0. The second kappa shape index (κ2) is 4.92. The van der Waals surface area contributed by atoms with E-state index in [-0.39, 0.29) is 11.5 Å². The molecule has 0 saturated carbocycles. The smallest absolute Gasteiger partial charge is 0.277 e. The molecule has 1 amide bonds. The number of halogens is 1. The minimum atomic E-state index is -0.453. The van der Waals surface area contributed by atoms with E-state index in [0.717, 1.165) is 6.20 Å². The number of nitrogens with zero attached hydrogens (tertiary/aromatic N) is 3. The Labute approximate surface area is 111 Å². The van der Waals surface area contributed by atoms with Crippen LogP contribution in [0.4, 0.5) is 10.1 Å². The van der Waals surface area contributed by atoms with Gasteiger partial charge in [0.05, 0.1) is 18.1 Å². The summed E-state index contributed by atoms with van der Waals surface area (Å²) >= 11 is 0. The zero-order valence-corrected chi connectivity index (χ0v) is 10.0. The third-order valence-electron chi connectivity index (χ3n) is 2.48. The summed E-state index contributed by atoms with van der Waals surface area (Å²) in [4.78, 5) is 15.7. The third kappa shape index (κ3) is 2.39. The van der Waals surface area contributed by atoms with Crippen LogP contribution in [-0.4, -0.2) is 26.2 Å². The first-order valence-corrected chi connectivity index (χ1v) is 5.61. The van der Waals surface area contributed by atoms with Crippen LogP contribution in [0.3, 0.4) is 0 Å². The number of amides is 1. The van der Waals surface area contributed by atoms with Gasteiger partial charge in [-0.2, -0.15) is 5.10 Å². The molecule has 0 aliphatic heterocycles. The zero-order chi connectivity index (χ0) is 13.9. The molecule has 0 atom stereocenters. The Bertz CT molecular complexity index is 721. The van der Waals surface area contributed by atoms with Crippen molar-refractivity contribution in [2.75, 3.05) is 5.32 Å². The highest BCUT2D eigenvalue weighted by Gasteiger charge is 2.14. The number of pyridine rings is 1. The Balaban J connectivity index is 1.79. The van der Waals surface area contributed by atoms with Gasteiger partial charge in [-0.05, 0) is 12.1 Å².